The van der Waals surface area contributed by atoms with E-state index in [1.165, 1.54) is 35.2 Å². The monoisotopic (exact) mass is 378 g/mol. The summed E-state index contributed by atoms with van der Waals surface area (Å²) in [7, 11) is 0. The van der Waals surface area contributed by atoms with Gasteiger partial charge in [-0.1, -0.05) is 37.3 Å². The van der Waals surface area contributed by atoms with Gasteiger partial charge < -0.3 is 10.2 Å². The quantitative estimate of drug-likeness (QED) is 0.735. The van der Waals surface area contributed by atoms with Crippen molar-refractivity contribution in [3.05, 3.63) is 64.7 Å². The maximum atomic E-state index is 12.4. The van der Waals surface area contributed by atoms with Crippen LogP contribution in [0.15, 0.2) is 42.5 Å². The molecular formula is C25H34N2O. The number of nitrogens with zero attached hydrogens (tertiary/aromatic N) is 1. The van der Waals surface area contributed by atoms with Crippen molar-refractivity contribution in [2.24, 2.45) is 5.92 Å². The number of carbonyl (C=O) groups is 1. The Hall–Kier alpha value is -2.29. The van der Waals surface area contributed by atoms with E-state index in [0.29, 0.717) is 6.42 Å². The SMILES string of the molecule is Cc1ccc(CCC(=O)NC(C)c2ccc(N3CCCC(C)C3)cc2)cc1C. The average molecular weight is 379 g/mol. The van der Waals surface area contributed by atoms with Crippen LogP contribution >= 0.6 is 0 Å². The third-order valence-electron chi connectivity index (χ3n) is 6.00. The minimum absolute atomic E-state index is 0.0292. The van der Waals surface area contributed by atoms with E-state index in [1.807, 2.05) is 0 Å². The van der Waals surface area contributed by atoms with Gasteiger partial charge in [0.2, 0.25) is 5.91 Å². The Morgan fingerprint density at radius 3 is 2.57 bits per heavy atom. The summed E-state index contributed by atoms with van der Waals surface area (Å²) < 4.78 is 0. The number of hydrogen-bond acceptors (Lipinski definition) is 2. The van der Waals surface area contributed by atoms with Crippen molar-refractivity contribution in [2.45, 2.75) is 59.4 Å². The van der Waals surface area contributed by atoms with Crippen molar-refractivity contribution in [2.75, 3.05) is 18.0 Å². The van der Waals surface area contributed by atoms with E-state index in [-0.39, 0.29) is 11.9 Å². The van der Waals surface area contributed by atoms with Crippen molar-refractivity contribution in [3.8, 4) is 0 Å². The molecule has 3 heteroatoms. The molecule has 1 aliphatic heterocycles. The highest BCUT2D eigenvalue weighted by atomic mass is 16.1. The third-order valence-corrected chi connectivity index (χ3v) is 6.00. The molecule has 1 N–H and O–H groups in total. The van der Waals surface area contributed by atoms with Gasteiger partial charge >= 0.3 is 0 Å². The molecule has 2 aromatic carbocycles. The average Bonchev–Trinajstić information content (AvgIpc) is 2.69. The second-order valence-corrected chi connectivity index (χ2v) is 8.49. The smallest absolute Gasteiger partial charge is 0.220 e. The molecule has 0 saturated carbocycles. The van der Waals surface area contributed by atoms with Crippen molar-refractivity contribution in [1.29, 1.82) is 0 Å². The zero-order valence-electron chi connectivity index (χ0n) is 17.8. The Morgan fingerprint density at radius 2 is 1.89 bits per heavy atom. The number of rotatable bonds is 6. The number of amides is 1. The van der Waals surface area contributed by atoms with Crippen molar-refractivity contribution >= 4 is 11.6 Å². The van der Waals surface area contributed by atoms with E-state index in [2.05, 4.69) is 80.4 Å². The summed E-state index contributed by atoms with van der Waals surface area (Å²) in [6, 6.07) is 15.2. The lowest BCUT2D eigenvalue weighted by atomic mass is 9.99. The molecule has 1 heterocycles. The van der Waals surface area contributed by atoms with E-state index >= 15 is 0 Å². The van der Waals surface area contributed by atoms with Crippen LogP contribution in [0.3, 0.4) is 0 Å². The number of aryl methyl sites for hydroxylation is 3. The fourth-order valence-corrected chi connectivity index (χ4v) is 4.01. The maximum absolute atomic E-state index is 12.4. The summed E-state index contributed by atoms with van der Waals surface area (Å²) in [5.41, 5.74) is 6.27. The van der Waals surface area contributed by atoms with Gasteiger partial charge in [-0.05, 0) is 80.3 Å². The summed E-state index contributed by atoms with van der Waals surface area (Å²) in [6.45, 7) is 10.9. The molecule has 0 aliphatic carbocycles. The van der Waals surface area contributed by atoms with Gasteiger partial charge in [-0.3, -0.25) is 4.79 Å². The van der Waals surface area contributed by atoms with Crippen molar-refractivity contribution < 1.29 is 4.79 Å². The van der Waals surface area contributed by atoms with Crippen LogP contribution in [0.5, 0.6) is 0 Å². The second kappa shape index (κ2) is 9.27. The van der Waals surface area contributed by atoms with Gasteiger partial charge in [0, 0.05) is 25.2 Å². The predicted molar refractivity (Wildman–Crippen MR) is 118 cm³/mol. The maximum Gasteiger partial charge on any atom is 0.220 e. The Morgan fingerprint density at radius 1 is 1.14 bits per heavy atom. The molecular weight excluding hydrogens is 344 g/mol. The van der Waals surface area contributed by atoms with Gasteiger partial charge in [0.05, 0.1) is 6.04 Å². The summed E-state index contributed by atoms with van der Waals surface area (Å²) >= 11 is 0. The topological polar surface area (TPSA) is 32.3 Å². The Labute approximate surface area is 170 Å². The lowest BCUT2D eigenvalue weighted by molar-refractivity contribution is -0.121. The van der Waals surface area contributed by atoms with Gasteiger partial charge in [-0.2, -0.15) is 0 Å². The van der Waals surface area contributed by atoms with Crippen LogP contribution in [0.25, 0.3) is 0 Å². The van der Waals surface area contributed by atoms with E-state index in [9.17, 15) is 4.79 Å². The first kappa shape index (κ1) is 20.4. The Balaban J connectivity index is 1.51. The molecule has 0 radical (unpaired) electrons. The summed E-state index contributed by atoms with van der Waals surface area (Å²) in [4.78, 5) is 14.9. The molecule has 150 valence electrons. The number of nitrogens with one attached hydrogen (secondary N) is 1. The molecule has 1 fully saturated rings. The van der Waals surface area contributed by atoms with Gasteiger partial charge in [0.15, 0.2) is 0 Å². The second-order valence-electron chi connectivity index (χ2n) is 8.49. The number of anilines is 1. The Bertz CT molecular complexity index is 797. The highest BCUT2D eigenvalue weighted by Gasteiger charge is 2.17. The first-order valence-corrected chi connectivity index (χ1v) is 10.6. The molecule has 1 saturated heterocycles. The fraction of sp³-hybridized carbons (Fsp3) is 0.480. The van der Waals surface area contributed by atoms with Gasteiger partial charge in [-0.15, -0.1) is 0 Å². The molecule has 0 bridgehead atoms. The van der Waals surface area contributed by atoms with E-state index in [1.54, 1.807) is 0 Å². The number of benzene rings is 2. The van der Waals surface area contributed by atoms with E-state index in [0.717, 1.165) is 31.0 Å². The van der Waals surface area contributed by atoms with Gasteiger partial charge in [0.1, 0.15) is 0 Å². The van der Waals surface area contributed by atoms with Crippen LogP contribution in [0.4, 0.5) is 5.69 Å². The summed E-state index contributed by atoms with van der Waals surface area (Å²) in [6.07, 6.45) is 3.91. The largest absolute Gasteiger partial charge is 0.371 e. The highest BCUT2D eigenvalue weighted by molar-refractivity contribution is 5.76. The van der Waals surface area contributed by atoms with Crippen LogP contribution in [-0.4, -0.2) is 19.0 Å². The molecule has 2 aromatic rings. The lowest BCUT2D eigenvalue weighted by Gasteiger charge is -2.33. The zero-order chi connectivity index (χ0) is 20.1. The molecule has 3 rings (SSSR count). The molecule has 1 amide bonds. The third kappa shape index (κ3) is 5.37. The van der Waals surface area contributed by atoms with Crippen LogP contribution < -0.4 is 10.2 Å². The van der Waals surface area contributed by atoms with E-state index < -0.39 is 0 Å². The molecule has 2 atom stereocenters. The first-order chi connectivity index (χ1) is 13.4. The van der Waals surface area contributed by atoms with Gasteiger partial charge in [-0.25, -0.2) is 0 Å². The van der Waals surface area contributed by atoms with Crippen LogP contribution in [0.1, 0.15) is 61.4 Å². The van der Waals surface area contributed by atoms with Crippen molar-refractivity contribution in [1.82, 2.24) is 5.32 Å². The summed E-state index contributed by atoms with van der Waals surface area (Å²) in [5, 5.41) is 3.15. The van der Waals surface area contributed by atoms with E-state index in [4.69, 9.17) is 0 Å². The van der Waals surface area contributed by atoms with Crippen LogP contribution in [0.2, 0.25) is 0 Å². The Kier molecular flexibility index (Phi) is 6.77. The van der Waals surface area contributed by atoms with Gasteiger partial charge in [0.25, 0.3) is 0 Å². The minimum Gasteiger partial charge on any atom is -0.371 e. The number of carbonyl (C=O) groups excluding carboxylic acids is 1. The van der Waals surface area contributed by atoms with Crippen LogP contribution in [-0.2, 0) is 11.2 Å². The lowest BCUT2D eigenvalue weighted by Crippen LogP contribution is -2.34. The first-order valence-electron chi connectivity index (χ1n) is 10.6. The predicted octanol–water partition coefficient (Wildman–Crippen LogP) is 5.35. The number of hydrogen-bond donors (Lipinski definition) is 1. The minimum atomic E-state index is 0.0292. The fourth-order valence-electron chi connectivity index (χ4n) is 4.01. The zero-order valence-corrected chi connectivity index (χ0v) is 17.8. The normalized spacial score (nSPS) is 18.0. The van der Waals surface area contributed by atoms with Crippen molar-refractivity contribution in [3.63, 3.8) is 0 Å². The standard InChI is InChI=1S/C25H34N2O/c1-18-6-5-15-27(17-18)24-12-10-23(11-13-24)21(4)26-25(28)14-9-22-8-7-19(2)20(3)16-22/h7-8,10-13,16,18,21H,5-6,9,14-15,17H2,1-4H3,(H,26,28). The summed E-state index contributed by atoms with van der Waals surface area (Å²) in [5.74, 6) is 0.878. The molecule has 2 unspecified atom stereocenters. The number of piperidine rings is 1. The molecule has 0 aromatic heterocycles. The molecule has 3 nitrogen and oxygen atoms in total. The van der Waals surface area contributed by atoms with Crippen LogP contribution in [0, 0.1) is 19.8 Å². The molecule has 0 spiro atoms. The molecule has 28 heavy (non-hydrogen) atoms. The highest BCUT2D eigenvalue weighted by Crippen LogP contribution is 2.24. The molecule has 1 aliphatic rings.